The van der Waals surface area contributed by atoms with Crippen LogP contribution in [-0.4, -0.2) is 27.2 Å². The van der Waals surface area contributed by atoms with Gasteiger partial charge in [0.15, 0.2) is 17.3 Å². The van der Waals surface area contributed by atoms with Gasteiger partial charge in [-0.1, -0.05) is 11.8 Å². The Morgan fingerprint density at radius 1 is 1.20 bits per heavy atom. The van der Waals surface area contributed by atoms with Crippen LogP contribution in [0.15, 0.2) is 34.3 Å². The van der Waals surface area contributed by atoms with Crippen LogP contribution >= 0.6 is 11.8 Å². The van der Waals surface area contributed by atoms with E-state index >= 15 is 0 Å². The molecule has 0 aliphatic heterocycles. The average molecular weight is 293 g/mol. The largest absolute Gasteiger partial charge is 0.357 e. The van der Waals surface area contributed by atoms with Gasteiger partial charge >= 0.3 is 0 Å². The average Bonchev–Trinajstić information content (AvgIpc) is 2.91. The molecule has 3 rings (SSSR count). The zero-order valence-corrected chi connectivity index (χ0v) is 11.1. The van der Waals surface area contributed by atoms with Crippen molar-refractivity contribution in [2.45, 2.75) is 9.92 Å². The van der Waals surface area contributed by atoms with E-state index < -0.39 is 11.6 Å². The summed E-state index contributed by atoms with van der Waals surface area (Å²) in [5.41, 5.74) is 0.578. The summed E-state index contributed by atoms with van der Waals surface area (Å²) in [5.74, 6) is -1.34. The van der Waals surface area contributed by atoms with Gasteiger partial charge in [-0.15, -0.1) is 0 Å². The Hall–Kier alpha value is -2.22. The van der Waals surface area contributed by atoms with Gasteiger partial charge < -0.3 is 5.32 Å². The first-order chi connectivity index (χ1) is 9.67. The van der Waals surface area contributed by atoms with Crippen LogP contribution < -0.4 is 5.32 Å². The Balaban J connectivity index is 2.04. The summed E-state index contributed by atoms with van der Waals surface area (Å²) in [7, 11) is 1.70. The number of hydrogen-bond acceptors (Lipinski definition) is 5. The molecular formula is C12H9F2N5S. The summed E-state index contributed by atoms with van der Waals surface area (Å²) in [6, 6.07) is 3.72. The molecule has 0 radical (unpaired) electrons. The maximum Gasteiger partial charge on any atom is 0.225 e. The van der Waals surface area contributed by atoms with Crippen LogP contribution in [0.1, 0.15) is 0 Å². The summed E-state index contributed by atoms with van der Waals surface area (Å²) in [4.78, 5) is 9.05. The molecule has 2 aromatic heterocycles. The van der Waals surface area contributed by atoms with Gasteiger partial charge in [-0.3, -0.25) is 5.10 Å². The number of rotatable bonds is 3. The lowest BCUT2D eigenvalue weighted by Crippen LogP contribution is -1.97. The van der Waals surface area contributed by atoms with Crippen molar-refractivity contribution in [2.24, 2.45) is 0 Å². The van der Waals surface area contributed by atoms with E-state index in [0.29, 0.717) is 21.5 Å². The highest BCUT2D eigenvalue weighted by Crippen LogP contribution is 2.32. The van der Waals surface area contributed by atoms with Crippen molar-refractivity contribution >= 4 is 28.7 Å². The highest BCUT2D eigenvalue weighted by Gasteiger charge is 2.11. The summed E-state index contributed by atoms with van der Waals surface area (Å²) in [5, 5.41) is 10.8. The molecule has 0 saturated carbocycles. The molecule has 20 heavy (non-hydrogen) atoms. The van der Waals surface area contributed by atoms with Crippen molar-refractivity contribution in [3.05, 3.63) is 36.0 Å². The van der Waals surface area contributed by atoms with Gasteiger partial charge in [0.25, 0.3) is 0 Å². The fourth-order valence-corrected chi connectivity index (χ4v) is 2.56. The quantitative estimate of drug-likeness (QED) is 0.727. The number of fused-ring (bicyclic) bond motifs is 1. The van der Waals surface area contributed by atoms with Crippen LogP contribution in [0.5, 0.6) is 0 Å². The maximum absolute atomic E-state index is 13.2. The van der Waals surface area contributed by atoms with Crippen LogP contribution in [0.4, 0.5) is 14.7 Å². The molecule has 0 aliphatic rings. The Morgan fingerprint density at radius 3 is 2.80 bits per heavy atom. The minimum atomic E-state index is -0.888. The number of aromatic amines is 1. The van der Waals surface area contributed by atoms with Crippen LogP contribution in [0, 0.1) is 11.6 Å². The van der Waals surface area contributed by atoms with Gasteiger partial charge in [0.05, 0.1) is 11.6 Å². The second-order valence-corrected chi connectivity index (χ2v) is 4.97. The Bertz CT molecular complexity index is 774. The van der Waals surface area contributed by atoms with Gasteiger partial charge in [-0.2, -0.15) is 10.1 Å². The van der Waals surface area contributed by atoms with E-state index in [2.05, 4.69) is 25.5 Å². The van der Waals surface area contributed by atoms with Crippen LogP contribution in [0.25, 0.3) is 11.0 Å². The van der Waals surface area contributed by atoms with E-state index in [-0.39, 0.29) is 0 Å². The monoisotopic (exact) mass is 293 g/mol. The smallest absolute Gasteiger partial charge is 0.225 e. The summed E-state index contributed by atoms with van der Waals surface area (Å²) in [6.45, 7) is 0. The molecule has 0 atom stereocenters. The van der Waals surface area contributed by atoms with E-state index in [4.69, 9.17) is 0 Å². The summed E-state index contributed by atoms with van der Waals surface area (Å²) < 4.78 is 26.2. The molecule has 0 bridgehead atoms. The first kappa shape index (κ1) is 12.8. The van der Waals surface area contributed by atoms with Crippen molar-refractivity contribution in [1.82, 2.24) is 20.2 Å². The molecule has 8 heteroatoms. The highest BCUT2D eigenvalue weighted by atomic mass is 32.2. The minimum Gasteiger partial charge on any atom is -0.357 e. The lowest BCUT2D eigenvalue weighted by Gasteiger charge is -2.05. The molecule has 0 fully saturated rings. The Labute approximate surface area is 116 Å². The Morgan fingerprint density at radius 2 is 2.05 bits per heavy atom. The summed E-state index contributed by atoms with van der Waals surface area (Å²) in [6.07, 6.45) is 1.59. The Kier molecular flexibility index (Phi) is 3.23. The first-order valence-electron chi connectivity index (χ1n) is 5.69. The lowest BCUT2D eigenvalue weighted by atomic mass is 10.3. The number of anilines is 1. The minimum absolute atomic E-state index is 0.423. The van der Waals surface area contributed by atoms with Gasteiger partial charge in [-0.25, -0.2) is 13.8 Å². The molecule has 102 valence electrons. The van der Waals surface area contributed by atoms with Crippen LogP contribution in [-0.2, 0) is 0 Å². The lowest BCUT2D eigenvalue weighted by molar-refractivity contribution is 0.506. The van der Waals surface area contributed by atoms with E-state index in [1.165, 1.54) is 17.8 Å². The summed E-state index contributed by atoms with van der Waals surface area (Å²) >= 11 is 1.22. The molecule has 0 aliphatic carbocycles. The van der Waals surface area contributed by atoms with Crippen molar-refractivity contribution in [2.75, 3.05) is 12.4 Å². The van der Waals surface area contributed by atoms with Crippen molar-refractivity contribution in [3.8, 4) is 0 Å². The third kappa shape index (κ3) is 2.29. The van der Waals surface area contributed by atoms with Crippen molar-refractivity contribution < 1.29 is 8.78 Å². The third-order valence-corrected chi connectivity index (χ3v) is 3.60. The predicted octanol–water partition coefficient (Wildman–Crippen LogP) is 2.82. The molecule has 5 nitrogen and oxygen atoms in total. The van der Waals surface area contributed by atoms with Crippen LogP contribution in [0.2, 0.25) is 0 Å². The van der Waals surface area contributed by atoms with Gasteiger partial charge in [0.1, 0.15) is 5.03 Å². The van der Waals surface area contributed by atoms with E-state index in [1.54, 1.807) is 13.2 Å². The number of benzene rings is 1. The number of aromatic nitrogens is 4. The van der Waals surface area contributed by atoms with Crippen molar-refractivity contribution in [1.29, 1.82) is 0 Å². The van der Waals surface area contributed by atoms with E-state index in [0.717, 1.165) is 17.5 Å². The van der Waals surface area contributed by atoms with E-state index in [1.807, 2.05) is 0 Å². The second kappa shape index (κ2) is 5.04. The number of H-pyrrole nitrogens is 1. The molecule has 0 saturated heterocycles. The maximum atomic E-state index is 13.2. The molecule has 2 heterocycles. The molecule has 3 aromatic rings. The van der Waals surface area contributed by atoms with Gasteiger partial charge in [-0.05, 0) is 18.2 Å². The fourth-order valence-electron chi connectivity index (χ4n) is 1.65. The first-order valence-corrected chi connectivity index (χ1v) is 6.51. The zero-order chi connectivity index (χ0) is 14.1. The number of nitrogens with zero attached hydrogens (tertiary/aromatic N) is 3. The highest BCUT2D eigenvalue weighted by molar-refractivity contribution is 7.99. The van der Waals surface area contributed by atoms with E-state index in [9.17, 15) is 8.78 Å². The fraction of sp³-hybridized carbons (Fsp3) is 0.0833. The molecule has 1 aromatic carbocycles. The SMILES string of the molecule is CNc1nc(Sc2ccc(F)c(F)c2)c2cn[nH]c2n1. The zero-order valence-electron chi connectivity index (χ0n) is 10.3. The third-order valence-electron chi connectivity index (χ3n) is 2.60. The predicted molar refractivity (Wildman–Crippen MR) is 71.7 cm³/mol. The molecule has 0 unspecified atom stereocenters. The molecule has 0 spiro atoms. The van der Waals surface area contributed by atoms with Gasteiger partial charge in [0, 0.05) is 11.9 Å². The number of nitrogens with one attached hydrogen (secondary N) is 2. The number of hydrogen-bond donors (Lipinski definition) is 2. The molecule has 0 amide bonds. The number of halogens is 2. The van der Waals surface area contributed by atoms with Crippen LogP contribution in [0.3, 0.4) is 0 Å². The molecular weight excluding hydrogens is 284 g/mol. The second-order valence-electron chi connectivity index (χ2n) is 3.91. The van der Waals surface area contributed by atoms with Crippen molar-refractivity contribution in [3.63, 3.8) is 0 Å². The molecule has 2 N–H and O–H groups in total. The normalized spacial score (nSPS) is 10.9. The standard InChI is InChI=1S/C12H9F2N5S/c1-15-12-17-10-7(5-16-19-10)11(18-12)20-6-2-3-8(13)9(14)4-6/h2-5H,1H3,(H2,15,16,17,18,19). The van der Waals surface area contributed by atoms with Gasteiger partial charge in [0.2, 0.25) is 5.95 Å². The topological polar surface area (TPSA) is 66.5 Å².